The molecule has 0 fully saturated rings. The highest BCUT2D eigenvalue weighted by Crippen LogP contribution is 2.09. The van der Waals surface area contributed by atoms with Crippen LogP contribution in [0.3, 0.4) is 0 Å². The topological polar surface area (TPSA) is 17.1 Å². The Hall–Kier alpha value is -1.18. The summed E-state index contributed by atoms with van der Waals surface area (Å²) in [7, 11) is 0. The van der Waals surface area contributed by atoms with Gasteiger partial charge in [0.25, 0.3) is 0 Å². The fraction of sp³-hybridized carbons (Fsp3) is 0.708. The maximum Gasteiger partial charge on any atom is 0.138 e. The molecule has 0 N–H and O–H groups in total. The molecule has 1 nitrogen and oxygen atoms in total. The second kappa shape index (κ2) is 18.6. The normalized spacial score (nSPS) is 10.7. The van der Waals surface area contributed by atoms with Crippen LogP contribution in [0.15, 0.2) is 18.2 Å². The van der Waals surface area contributed by atoms with Gasteiger partial charge in [0.15, 0.2) is 0 Å². The average Bonchev–Trinajstić information content (AvgIpc) is 2.65. The van der Waals surface area contributed by atoms with Gasteiger partial charge < -0.3 is 0 Å². The summed E-state index contributed by atoms with van der Waals surface area (Å²) in [6.07, 6.45) is 3.63. The number of ketones is 1. The Morgan fingerprint density at radius 1 is 0.923 bits per heavy atom. The predicted octanol–water partition coefficient (Wildman–Crippen LogP) is 8.17. The van der Waals surface area contributed by atoms with Crippen molar-refractivity contribution in [3.05, 3.63) is 35.1 Å². The summed E-state index contributed by atoms with van der Waals surface area (Å²) < 4.78 is 12.5. The standard InChI is InChI=1S/C8H9F.C8H16O.C6H14.C2H6/c1-6-3-4-8(9)7(2)5-6;1-5-7(4)8(9)6(2)3;1-4-6(3)5-2;1-2/h3-5H,1-2H3;6-7H,5H2,1-4H3;6H,4-5H2,1-3H3;1-2H3. The van der Waals surface area contributed by atoms with E-state index in [0.717, 1.165) is 23.5 Å². The van der Waals surface area contributed by atoms with Crippen molar-refractivity contribution in [3.63, 3.8) is 0 Å². The molecule has 1 aromatic rings. The molecule has 0 spiro atoms. The first-order valence-corrected chi connectivity index (χ1v) is 10.4. The number of benzene rings is 1. The first-order valence-electron chi connectivity index (χ1n) is 10.4. The molecule has 0 aromatic heterocycles. The highest BCUT2D eigenvalue weighted by molar-refractivity contribution is 5.82. The summed E-state index contributed by atoms with van der Waals surface area (Å²) >= 11 is 0. The fourth-order valence-electron chi connectivity index (χ4n) is 1.85. The molecule has 1 aromatic carbocycles. The molecule has 26 heavy (non-hydrogen) atoms. The number of carbonyl (C=O) groups excluding carboxylic acids is 1. The van der Waals surface area contributed by atoms with E-state index in [1.165, 1.54) is 18.9 Å². The van der Waals surface area contributed by atoms with Crippen LogP contribution in [0.5, 0.6) is 0 Å². The molecule has 1 unspecified atom stereocenters. The molecular weight excluding hydrogens is 323 g/mol. The molecule has 0 radical (unpaired) electrons. The van der Waals surface area contributed by atoms with Crippen LogP contribution in [0.25, 0.3) is 0 Å². The molecular formula is C24H45FO. The molecule has 0 heterocycles. The quantitative estimate of drug-likeness (QED) is 0.512. The van der Waals surface area contributed by atoms with Gasteiger partial charge in [-0.2, -0.15) is 0 Å². The Balaban J connectivity index is -0.000000297. The maximum absolute atomic E-state index is 12.5. The first kappa shape index (κ1) is 29.6. The number of hydrogen-bond donors (Lipinski definition) is 0. The molecule has 0 aliphatic rings. The Bertz CT molecular complexity index is 448. The van der Waals surface area contributed by atoms with Gasteiger partial charge in [-0.1, -0.05) is 92.9 Å². The predicted molar refractivity (Wildman–Crippen MR) is 116 cm³/mol. The van der Waals surface area contributed by atoms with E-state index in [0.29, 0.717) is 5.78 Å². The summed E-state index contributed by atoms with van der Waals surface area (Å²) in [5.41, 5.74) is 1.82. The molecule has 0 aliphatic heterocycles. The highest BCUT2D eigenvalue weighted by Gasteiger charge is 2.13. The minimum absolute atomic E-state index is 0.124. The summed E-state index contributed by atoms with van der Waals surface area (Å²) in [6.45, 7) is 22.4. The summed E-state index contributed by atoms with van der Waals surface area (Å²) in [5, 5.41) is 0. The number of halogens is 1. The van der Waals surface area contributed by atoms with Gasteiger partial charge in [-0.05, 0) is 37.8 Å². The lowest BCUT2D eigenvalue weighted by atomic mass is 9.95. The first-order chi connectivity index (χ1) is 12.1. The van der Waals surface area contributed by atoms with E-state index in [9.17, 15) is 9.18 Å². The SMILES string of the molecule is CC.CCC(C)C(=O)C(C)C.CCC(C)CC.Cc1ccc(F)c(C)c1. The number of aryl methyl sites for hydroxylation is 2. The minimum Gasteiger partial charge on any atom is -0.299 e. The van der Waals surface area contributed by atoms with Gasteiger partial charge in [-0.25, -0.2) is 4.39 Å². The molecule has 1 atom stereocenters. The molecule has 2 heteroatoms. The fourth-order valence-corrected chi connectivity index (χ4v) is 1.85. The maximum atomic E-state index is 12.5. The van der Waals surface area contributed by atoms with Crippen molar-refractivity contribution >= 4 is 5.78 Å². The lowest BCUT2D eigenvalue weighted by Gasteiger charge is -2.08. The molecule has 0 bridgehead atoms. The van der Waals surface area contributed by atoms with E-state index in [1.807, 2.05) is 54.5 Å². The minimum atomic E-state index is -0.124. The van der Waals surface area contributed by atoms with Gasteiger partial charge >= 0.3 is 0 Å². The van der Waals surface area contributed by atoms with Crippen molar-refractivity contribution in [3.8, 4) is 0 Å². The van der Waals surface area contributed by atoms with Crippen LogP contribution < -0.4 is 0 Å². The molecule has 0 saturated carbocycles. The van der Waals surface area contributed by atoms with Gasteiger partial charge in [0.05, 0.1) is 0 Å². The monoisotopic (exact) mass is 368 g/mol. The largest absolute Gasteiger partial charge is 0.299 e. The zero-order valence-electron chi connectivity index (χ0n) is 19.4. The van der Waals surface area contributed by atoms with Crippen LogP contribution >= 0.6 is 0 Å². The van der Waals surface area contributed by atoms with Crippen molar-refractivity contribution in [1.29, 1.82) is 0 Å². The molecule has 0 amide bonds. The summed E-state index contributed by atoms with van der Waals surface area (Å²) in [5.74, 6) is 1.66. The summed E-state index contributed by atoms with van der Waals surface area (Å²) in [6, 6.07) is 5.09. The molecule has 1 rings (SSSR count). The van der Waals surface area contributed by atoms with E-state index in [2.05, 4.69) is 20.8 Å². The Morgan fingerprint density at radius 3 is 1.58 bits per heavy atom. The Morgan fingerprint density at radius 2 is 1.38 bits per heavy atom. The number of hydrogen-bond acceptors (Lipinski definition) is 1. The van der Waals surface area contributed by atoms with Crippen molar-refractivity contribution in [2.24, 2.45) is 17.8 Å². The zero-order valence-corrected chi connectivity index (χ0v) is 19.4. The highest BCUT2D eigenvalue weighted by atomic mass is 19.1. The van der Waals surface area contributed by atoms with Crippen LogP contribution in [0, 0.1) is 37.4 Å². The second-order valence-corrected chi connectivity index (χ2v) is 7.04. The number of Topliss-reactive ketones (excluding diaryl/α,β-unsaturated/α-hetero) is 1. The zero-order chi connectivity index (χ0) is 21.3. The van der Waals surface area contributed by atoms with Gasteiger partial charge in [0.1, 0.15) is 11.6 Å². The smallest absolute Gasteiger partial charge is 0.138 e. The Kier molecular flexibility index (Phi) is 21.2. The third-order valence-corrected chi connectivity index (χ3v) is 4.37. The van der Waals surface area contributed by atoms with Gasteiger partial charge in [-0.15, -0.1) is 0 Å². The molecule has 0 aliphatic carbocycles. The third kappa shape index (κ3) is 16.3. The van der Waals surface area contributed by atoms with E-state index >= 15 is 0 Å². The second-order valence-electron chi connectivity index (χ2n) is 7.04. The van der Waals surface area contributed by atoms with Gasteiger partial charge in [0, 0.05) is 11.8 Å². The lowest BCUT2D eigenvalue weighted by molar-refractivity contribution is -0.125. The van der Waals surface area contributed by atoms with Gasteiger partial charge in [-0.3, -0.25) is 4.79 Å². The third-order valence-electron chi connectivity index (χ3n) is 4.37. The van der Waals surface area contributed by atoms with Crippen molar-refractivity contribution in [2.45, 2.75) is 95.4 Å². The van der Waals surface area contributed by atoms with Crippen LogP contribution in [0.1, 0.15) is 92.7 Å². The van der Waals surface area contributed by atoms with Crippen LogP contribution in [-0.2, 0) is 4.79 Å². The summed E-state index contributed by atoms with van der Waals surface area (Å²) in [4.78, 5) is 11.1. The van der Waals surface area contributed by atoms with E-state index in [4.69, 9.17) is 0 Å². The Labute approximate surface area is 163 Å². The van der Waals surface area contributed by atoms with E-state index in [-0.39, 0.29) is 17.7 Å². The van der Waals surface area contributed by atoms with Crippen LogP contribution in [0.2, 0.25) is 0 Å². The molecule has 0 saturated heterocycles. The lowest BCUT2D eigenvalue weighted by Crippen LogP contribution is -2.15. The van der Waals surface area contributed by atoms with Crippen LogP contribution in [0.4, 0.5) is 4.39 Å². The van der Waals surface area contributed by atoms with E-state index in [1.54, 1.807) is 13.0 Å². The van der Waals surface area contributed by atoms with Crippen LogP contribution in [-0.4, -0.2) is 5.78 Å². The van der Waals surface area contributed by atoms with Crippen molar-refractivity contribution < 1.29 is 9.18 Å². The number of rotatable bonds is 5. The van der Waals surface area contributed by atoms with E-state index < -0.39 is 0 Å². The molecule has 154 valence electrons. The number of carbonyl (C=O) groups is 1. The average molecular weight is 369 g/mol. The van der Waals surface area contributed by atoms with Crippen molar-refractivity contribution in [2.75, 3.05) is 0 Å². The van der Waals surface area contributed by atoms with Gasteiger partial charge in [0.2, 0.25) is 0 Å². The van der Waals surface area contributed by atoms with Crippen molar-refractivity contribution in [1.82, 2.24) is 0 Å².